The summed E-state index contributed by atoms with van der Waals surface area (Å²) in [5.41, 5.74) is -1.00. The van der Waals surface area contributed by atoms with Crippen LogP contribution in [0.15, 0.2) is 23.1 Å². The van der Waals surface area contributed by atoms with Gasteiger partial charge in [-0.3, -0.25) is 0 Å². The van der Waals surface area contributed by atoms with Crippen molar-refractivity contribution in [2.45, 2.75) is 35.1 Å². The Morgan fingerprint density at radius 3 is 2.42 bits per heavy atom. The topological polar surface area (TPSA) is 46.2 Å². The standard InChI is InChI=1S/C12H12F3NO2S/c13-12(14,15)8-3-1-4-9-10(8)19(17,18)11(7-16-9)5-2-6-11/h1,3-4,16H,2,5-7H2. The second-order valence-electron chi connectivity index (χ2n) is 5.07. The lowest BCUT2D eigenvalue weighted by molar-refractivity contribution is -0.139. The van der Waals surface area contributed by atoms with E-state index in [0.29, 0.717) is 12.8 Å². The van der Waals surface area contributed by atoms with Gasteiger partial charge in [0.2, 0.25) is 0 Å². The van der Waals surface area contributed by atoms with E-state index in [4.69, 9.17) is 0 Å². The number of sulfone groups is 1. The fourth-order valence-electron chi connectivity index (χ4n) is 2.77. The summed E-state index contributed by atoms with van der Waals surface area (Å²) >= 11 is 0. The average Bonchev–Trinajstić information content (AvgIpc) is 2.24. The van der Waals surface area contributed by atoms with Crippen LogP contribution in [0.4, 0.5) is 18.9 Å². The molecular formula is C12H12F3NO2S. The van der Waals surface area contributed by atoms with Gasteiger partial charge in [0.15, 0.2) is 9.84 Å². The van der Waals surface area contributed by atoms with Crippen molar-refractivity contribution in [1.29, 1.82) is 0 Å². The minimum absolute atomic E-state index is 0.0624. The average molecular weight is 291 g/mol. The highest BCUT2D eigenvalue weighted by Gasteiger charge is 2.55. The van der Waals surface area contributed by atoms with Crippen LogP contribution in [-0.4, -0.2) is 19.7 Å². The van der Waals surface area contributed by atoms with E-state index in [1.165, 1.54) is 12.1 Å². The lowest BCUT2D eigenvalue weighted by Gasteiger charge is -2.45. The summed E-state index contributed by atoms with van der Waals surface area (Å²) in [5.74, 6) is 0. The molecule has 19 heavy (non-hydrogen) atoms. The van der Waals surface area contributed by atoms with E-state index in [0.717, 1.165) is 12.5 Å². The van der Waals surface area contributed by atoms with Crippen LogP contribution in [0.2, 0.25) is 0 Å². The second-order valence-corrected chi connectivity index (χ2v) is 7.35. The SMILES string of the molecule is O=S1(=O)c2c(cccc2C(F)(F)F)NCC12CCC2. The monoisotopic (exact) mass is 291 g/mol. The smallest absolute Gasteiger partial charge is 0.382 e. The highest BCUT2D eigenvalue weighted by Crippen LogP contribution is 2.50. The third-order valence-corrected chi connectivity index (χ3v) is 6.70. The van der Waals surface area contributed by atoms with Crippen LogP contribution in [-0.2, 0) is 16.0 Å². The van der Waals surface area contributed by atoms with Crippen LogP contribution < -0.4 is 5.32 Å². The summed E-state index contributed by atoms with van der Waals surface area (Å²) in [7, 11) is -3.94. The van der Waals surface area contributed by atoms with Crippen LogP contribution >= 0.6 is 0 Å². The van der Waals surface area contributed by atoms with Crippen molar-refractivity contribution in [2.75, 3.05) is 11.9 Å². The molecule has 1 aromatic rings. The van der Waals surface area contributed by atoms with Crippen LogP contribution in [0.25, 0.3) is 0 Å². The van der Waals surface area contributed by atoms with Crippen LogP contribution in [0.3, 0.4) is 0 Å². The molecule has 0 saturated heterocycles. The fraction of sp³-hybridized carbons (Fsp3) is 0.500. The summed E-state index contributed by atoms with van der Waals surface area (Å²) in [6, 6.07) is 3.44. The quantitative estimate of drug-likeness (QED) is 0.799. The zero-order valence-electron chi connectivity index (χ0n) is 9.92. The molecule has 1 spiro atoms. The Morgan fingerprint density at radius 2 is 1.89 bits per heavy atom. The first-order valence-corrected chi connectivity index (χ1v) is 7.45. The number of hydrogen-bond acceptors (Lipinski definition) is 3. The number of hydrogen-bond donors (Lipinski definition) is 1. The molecule has 1 saturated carbocycles. The minimum atomic E-state index is -4.66. The second kappa shape index (κ2) is 3.65. The van der Waals surface area contributed by atoms with Gasteiger partial charge in [-0.1, -0.05) is 12.5 Å². The van der Waals surface area contributed by atoms with Crippen molar-refractivity contribution in [3.05, 3.63) is 23.8 Å². The molecule has 1 aliphatic heterocycles. The Bertz CT molecular complexity index is 633. The van der Waals surface area contributed by atoms with Crippen molar-refractivity contribution < 1.29 is 21.6 Å². The van der Waals surface area contributed by atoms with Crippen molar-refractivity contribution in [2.24, 2.45) is 0 Å². The van der Waals surface area contributed by atoms with Gasteiger partial charge in [-0.05, 0) is 25.0 Å². The molecule has 104 valence electrons. The summed E-state index contributed by atoms with van der Waals surface area (Å²) in [6.45, 7) is 0.198. The molecule has 3 rings (SSSR count). The van der Waals surface area contributed by atoms with Crippen LogP contribution in [0.1, 0.15) is 24.8 Å². The van der Waals surface area contributed by atoms with Gasteiger partial charge in [0.25, 0.3) is 0 Å². The molecule has 1 aliphatic carbocycles. The van der Waals surface area contributed by atoms with Gasteiger partial charge in [-0.2, -0.15) is 13.2 Å². The third kappa shape index (κ3) is 1.60. The number of halogens is 3. The lowest BCUT2D eigenvalue weighted by atomic mass is 9.84. The van der Waals surface area contributed by atoms with Gasteiger partial charge in [0.05, 0.1) is 16.0 Å². The van der Waals surface area contributed by atoms with E-state index in [1.54, 1.807) is 0 Å². The molecule has 0 amide bonds. The maximum absolute atomic E-state index is 13.0. The molecular weight excluding hydrogens is 279 g/mol. The van der Waals surface area contributed by atoms with Gasteiger partial charge in [0, 0.05) is 6.54 Å². The Labute approximate surface area is 108 Å². The molecule has 1 fully saturated rings. The predicted octanol–water partition coefficient (Wildman–Crippen LogP) is 2.83. The maximum Gasteiger partial charge on any atom is 0.417 e. The van der Waals surface area contributed by atoms with Gasteiger partial charge < -0.3 is 5.32 Å². The summed E-state index contributed by atoms with van der Waals surface area (Å²) in [6.07, 6.45) is -3.07. The van der Waals surface area contributed by atoms with Gasteiger partial charge >= 0.3 is 6.18 Å². The highest BCUT2D eigenvalue weighted by molar-refractivity contribution is 7.93. The number of nitrogens with one attached hydrogen (secondary N) is 1. The Balaban J connectivity index is 2.27. The van der Waals surface area contributed by atoms with Crippen LogP contribution in [0.5, 0.6) is 0 Å². The highest BCUT2D eigenvalue weighted by atomic mass is 32.2. The van der Waals surface area contributed by atoms with Crippen molar-refractivity contribution in [1.82, 2.24) is 0 Å². The molecule has 0 aromatic heterocycles. The Hall–Kier alpha value is -1.24. The molecule has 0 bridgehead atoms. The van der Waals surface area contributed by atoms with Crippen molar-refractivity contribution >= 4 is 15.5 Å². The molecule has 3 nitrogen and oxygen atoms in total. The molecule has 2 aliphatic rings. The number of fused-ring (bicyclic) bond motifs is 1. The molecule has 1 aromatic carbocycles. The summed E-state index contributed by atoms with van der Waals surface area (Å²) in [5, 5.41) is 2.84. The van der Waals surface area contributed by atoms with E-state index in [9.17, 15) is 21.6 Å². The van der Waals surface area contributed by atoms with E-state index in [-0.39, 0.29) is 12.2 Å². The van der Waals surface area contributed by atoms with E-state index < -0.39 is 31.2 Å². The number of rotatable bonds is 0. The third-order valence-electron chi connectivity index (χ3n) is 4.03. The summed E-state index contributed by atoms with van der Waals surface area (Å²) < 4.78 is 63.0. The van der Waals surface area contributed by atoms with Gasteiger partial charge in [-0.15, -0.1) is 0 Å². The van der Waals surface area contributed by atoms with Gasteiger partial charge in [-0.25, -0.2) is 8.42 Å². The number of benzene rings is 1. The zero-order chi connectivity index (χ0) is 13.9. The molecule has 7 heteroatoms. The Kier molecular flexibility index (Phi) is 2.46. The molecule has 1 heterocycles. The van der Waals surface area contributed by atoms with E-state index in [1.807, 2.05) is 0 Å². The fourth-order valence-corrected chi connectivity index (χ4v) is 5.20. The zero-order valence-corrected chi connectivity index (χ0v) is 10.7. The van der Waals surface area contributed by atoms with Crippen molar-refractivity contribution in [3.8, 4) is 0 Å². The molecule has 0 radical (unpaired) electrons. The molecule has 0 unspecified atom stereocenters. The first kappa shape index (κ1) is 12.8. The van der Waals surface area contributed by atoms with E-state index in [2.05, 4.69) is 5.32 Å². The first-order valence-electron chi connectivity index (χ1n) is 5.97. The molecule has 1 N–H and O–H groups in total. The Morgan fingerprint density at radius 1 is 1.21 bits per heavy atom. The normalized spacial score (nSPS) is 23.3. The van der Waals surface area contributed by atoms with Crippen LogP contribution in [0, 0.1) is 0 Å². The number of alkyl halides is 3. The predicted molar refractivity (Wildman–Crippen MR) is 63.7 cm³/mol. The largest absolute Gasteiger partial charge is 0.417 e. The number of anilines is 1. The van der Waals surface area contributed by atoms with Crippen molar-refractivity contribution in [3.63, 3.8) is 0 Å². The molecule has 0 atom stereocenters. The lowest BCUT2D eigenvalue weighted by Crippen LogP contribution is -2.53. The first-order chi connectivity index (χ1) is 8.78. The summed E-state index contributed by atoms with van der Waals surface area (Å²) in [4.78, 5) is -0.576. The van der Waals surface area contributed by atoms with Gasteiger partial charge in [0.1, 0.15) is 4.90 Å². The van der Waals surface area contributed by atoms with E-state index >= 15 is 0 Å². The maximum atomic E-state index is 13.0. The minimum Gasteiger partial charge on any atom is -0.382 e.